The lowest BCUT2D eigenvalue weighted by Gasteiger charge is -1.75. The lowest BCUT2D eigenvalue weighted by atomic mass is 10.5. The third kappa shape index (κ3) is 0.556. The molecule has 0 aliphatic carbocycles. The van der Waals surface area contributed by atoms with Crippen LogP contribution in [-0.4, -0.2) is 16.3 Å². The first-order valence-corrected chi connectivity index (χ1v) is 2.79. The number of hydrogen-bond acceptors (Lipinski definition) is 3. The zero-order chi connectivity index (χ0) is 6.97. The molecule has 2 rings (SSSR count). The molecule has 4 nitrogen and oxygen atoms in total. The van der Waals surface area contributed by atoms with Crippen molar-refractivity contribution in [1.82, 2.24) is 9.56 Å². The van der Waals surface area contributed by atoms with Crippen molar-refractivity contribution in [3.63, 3.8) is 0 Å². The molecular weight excluding hydrogens is 130 g/mol. The molecule has 0 aliphatic heterocycles. The maximum Gasteiger partial charge on any atom is 0.211 e. The highest BCUT2D eigenvalue weighted by Gasteiger charge is 1.98. The zero-order valence-corrected chi connectivity index (χ0v) is 5.19. The number of hydrogen-bond donors (Lipinski definition) is 0. The Bertz CT molecular complexity index is 331. The van der Waals surface area contributed by atoms with Crippen LogP contribution in [0.25, 0.3) is 5.65 Å². The zero-order valence-electron chi connectivity index (χ0n) is 5.19. The average molecular weight is 135 g/mol. The molecule has 0 spiro atoms. The number of aliphatic imine (C=N–C) groups is 1. The van der Waals surface area contributed by atoms with E-state index >= 15 is 0 Å². The maximum atomic E-state index is 4.92. The van der Waals surface area contributed by atoms with Crippen LogP contribution in [0.2, 0.25) is 0 Å². The van der Waals surface area contributed by atoms with Gasteiger partial charge in [0.05, 0.1) is 11.9 Å². The Kier molecular flexibility index (Phi) is 0.887. The van der Waals surface area contributed by atoms with Gasteiger partial charge < -0.3 is 4.52 Å². The lowest BCUT2D eigenvalue weighted by molar-refractivity contribution is 0.375. The third-order valence-corrected chi connectivity index (χ3v) is 1.28. The van der Waals surface area contributed by atoms with Crippen molar-refractivity contribution >= 4 is 18.1 Å². The fourth-order valence-electron chi connectivity index (χ4n) is 0.813. The number of rotatable bonds is 1. The fraction of sp³-hybridized carbons (Fsp3) is 0. The van der Waals surface area contributed by atoms with E-state index in [-0.39, 0.29) is 0 Å². The maximum absolute atomic E-state index is 4.92. The van der Waals surface area contributed by atoms with Gasteiger partial charge in [-0.1, -0.05) is 0 Å². The largest absolute Gasteiger partial charge is 0.361 e. The molecule has 0 saturated carbocycles. The van der Waals surface area contributed by atoms with Gasteiger partial charge in [0.1, 0.15) is 0 Å². The van der Waals surface area contributed by atoms with E-state index in [4.69, 9.17) is 4.52 Å². The predicted octanol–water partition coefficient (Wildman–Crippen LogP) is 1.26. The molecule has 2 aromatic rings. The van der Waals surface area contributed by atoms with Gasteiger partial charge in [0.25, 0.3) is 0 Å². The minimum Gasteiger partial charge on any atom is -0.361 e. The van der Waals surface area contributed by atoms with Crippen LogP contribution in [0, 0.1) is 0 Å². The summed E-state index contributed by atoms with van der Waals surface area (Å²) in [6.07, 6.45) is 3.09. The van der Waals surface area contributed by atoms with Crippen molar-refractivity contribution in [3.05, 3.63) is 18.7 Å². The van der Waals surface area contributed by atoms with E-state index < -0.39 is 0 Å². The Morgan fingerprint density at radius 1 is 1.70 bits per heavy atom. The Hall–Kier alpha value is -1.58. The van der Waals surface area contributed by atoms with Crippen LogP contribution in [0.3, 0.4) is 0 Å². The lowest BCUT2D eigenvalue weighted by Crippen LogP contribution is -1.67. The van der Waals surface area contributed by atoms with Gasteiger partial charge in [-0.15, -0.1) is 0 Å². The Balaban J connectivity index is 2.78. The summed E-state index contributed by atoms with van der Waals surface area (Å²) < 4.78 is 6.45. The minimum atomic E-state index is 0.752. The molecule has 2 heterocycles. The molecule has 0 atom stereocenters. The molecule has 0 unspecified atom stereocenters. The first-order chi connectivity index (χ1) is 4.90. The van der Waals surface area contributed by atoms with E-state index in [1.54, 1.807) is 12.3 Å². The third-order valence-electron chi connectivity index (χ3n) is 1.28. The van der Waals surface area contributed by atoms with Gasteiger partial charge in [0.15, 0.2) is 5.65 Å². The molecule has 2 aromatic heterocycles. The van der Waals surface area contributed by atoms with Crippen LogP contribution in [0.15, 0.2) is 28.2 Å². The summed E-state index contributed by atoms with van der Waals surface area (Å²) in [7, 11) is 0. The summed E-state index contributed by atoms with van der Waals surface area (Å²) in [6, 6.07) is 1.79. The summed E-state index contributed by atoms with van der Waals surface area (Å²) >= 11 is 0. The van der Waals surface area contributed by atoms with Crippen LogP contribution in [0.4, 0.5) is 5.69 Å². The van der Waals surface area contributed by atoms with Crippen molar-refractivity contribution < 1.29 is 4.52 Å². The van der Waals surface area contributed by atoms with Gasteiger partial charge in [0, 0.05) is 6.07 Å². The minimum absolute atomic E-state index is 0.752. The van der Waals surface area contributed by atoms with Crippen molar-refractivity contribution in [2.45, 2.75) is 0 Å². The quantitative estimate of drug-likeness (QED) is 0.552. The summed E-state index contributed by atoms with van der Waals surface area (Å²) in [4.78, 5) is 7.60. The molecule has 0 amide bonds. The predicted molar refractivity (Wildman–Crippen MR) is 36.7 cm³/mol. The Morgan fingerprint density at radius 3 is 3.30 bits per heavy atom. The van der Waals surface area contributed by atoms with E-state index in [9.17, 15) is 0 Å². The van der Waals surface area contributed by atoms with Crippen LogP contribution in [0.1, 0.15) is 0 Å². The summed E-state index contributed by atoms with van der Waals surface area (Å²) in [5.74, 6) is 0. The summed E-state index contributed by atoms with van der Waals surface area (Å²) in [6.45, 7) is 3.37. The molecule has 0 radical (unpaired) electrons. The molecule has 4 heteroatoms. The second kappa shape index (κ2) is 1.70. The van der Waals surface area contributed by atoms with Crippen LogP contribution >= 0.6 is 0 Å². The van der Waals surface area contributed by atoms with Gasteiger partial charge >= 0.3 is 0 Å². The first kappa shape index (κ1) is 5.22. The molecule has 10 heavy (non-hydrogen) atoms. The highest BCUT2D eigenvalue weighted by atomic mass is 16.5. The topological polar surface area (TPSA) is 42.8 Å². The van der Waals surface area contributed by atoms with Crippen molar-refractivity contribution in [3.8, 4) is 0 Å². The summed E-state index contributed by atoms with van der Waals surface area (Å²) in [5.41, 5.74) is 1.52. The first-order valence-electron chi connectivity index (χ1n) is 2.79. The van der Waals surface area contributed by atoms with Gasteiger partial charge in [-0.2, -0.15) is 9.56 Å². The fourth-order valence-corrected chi connectivity index (χ4v) is 0.813. The molecule has 0 aliphatic rings. The average Bonchev–Trinajstić information content (AvgIpc) is 2.42. The van der Waals surface area contributed by atoms with Crippen LogP contribution < -0.4 is 0 Å². The number of nitrogens with zero attached hydrogens (tertiary/aromatic N) is 3. The molecule has 0 fully saturated rings. The van der Waals surface area contributed by atoms with Crippen molar-refractivity contribution in [2.24, 2.45) is 4.99 Å². The monoisotopic (exact) mass is 135 g/mol. The van der Waals surface area contributed by atoms with Crippen molar-refractivity contribution in [2.75, 3.05) is 0 Å². The second-order valence-electron chi connectivity index (χ2n) is 1.88. The molecule has 0 aromatic carbocycles. The molecular formula is C6H5N3O. The molecule has 50 valence electrons. The number of fused-ring (bicyclic) bond motifs is 1. The SMILES string of the molecule is C=Nc1cc2ncon2c1. The van der Waals surface area contributed by atoms with Crippen LogP contribution in [-0.2, 0) is 0 Å². The highest BCUT2D eigenvalue weighted by molar-refractivity contribution is 5.54. The normalized spacial score (nSPS) is 10.4. The molecule has 0 N–H and O–H groups in total. The second-order valence-corrected chi connectivity index (χ2v) is 1.88. The van der Waals surface area contributed by atoms with Gasteiger partial charge in [-0.3, -0.25) is 4.99 Å². The highest BCUT2D eigenvalue weighted by Crippen LogP contribution is 2.14. The standard InChI is InChI=1S/C6H5N3O/c1-7-5-2-6-8-4-10-9(6)3-5/h2-4H,1H2. The van der Waals surface area contributed by atoms with Gasteiger partial charge in [-0.05, 0) is 6.72 Å². The smallest absolute Gasteiger partial charge is 0.211 e. The van der Waals surface area contributed by atoms with E-state index in [2.05, 4.69) is 16.7 Å². The van der Waals surface area contributed by atoms with E-state index in [1.165, 1.54) is 11.0 Å². The van der Waals surface area contributed by atoms with E-state index in [0.29, 0.717) is 0 Å². The van der Waals surface area contributed by atoms with Crippen molar-refractivity contribution in [1.29, 1.82) is 0 Å². The Labute approximate surface area is 56.8 Å². The van der Waals surface area contributed by atoms with E-state index in [1.807, 2.05) is 0 Å². The van der Waals surface area contributed by atoms with Gasteiger partial charge in [-0.25, -0.2) is 0 Å². The number of aromatic nitrogens is 2. The van der Waals surface area contributed by atoms with Crippen LogP contribution in [0.5, 0.6) is 0 Å². The molecule has 0 saturated heterocycles. The van der Waals surface area contributed by atoms with Gasteiger partial charge in [0.2, 0.25) is 6.39 Å². The van der Waals surface area contributed by atoms with E-state index in [0.717, 1.165) is 11.3 Å². The molecule has 0 bridgehead atoms. The Morgan fingerprint density at radius 2 is 2.60 bits per heavy atom. The summed E-state index contributed by atoms with van der Waals surface area (Å²) in [5, 5.41) is 0.